The third kappa shape index (κ3) is 10.1. The van der Waals surface area contributed by atoms with Crippen LogP contribution in [0.2, 0.25) is 0 Å². The molecule has 4 aromatic rings. The van der Waals surface area contributed by atoms with Gasteiger partial charge in [0, 0.05) is 39.4 Å². The molecule has 4 rings (SSSR count). The number of hydrogen-bond donors (Lipinski definition) is 6. The Morgan fingerprint density at radius 3 is 1.45 bits per heavy atom. The SMILES string of the molecule is Nc1ccc(-c2ccc(N)cc2S(=O)(=O)O)c(SOOO)c1.O=S(=O)(O)c1cc(I)ccc1-c1ccc(I)cc1SOOO. The van der Waals surface area contributed by atoms with Crippen molar-refractivity contribution in [3.8, 4) is 22.3 Å². The Morgan fingerprint density at radius 2 is 0.955 bits per heavy atom. The van der Waals surface area contributed by atoms with Crippen molar-refractivity contribution in [2.45, 2.75) is 19.6 Å². The number of nitrogen functional groups attached to an aromatic ring is 2. The summed E-state index contributed by atoms with van der Waals surface area (Å²) in [5, 5.41) is 23.7. The van der Waals surface area contributed by atoms with Gasteiger partial charge in [0.05, 0.1) is 24.1 Å². The van der Waals surface area contributed by atoms with Crippen molar-refractivity contribution < 1.29 is 55.2 Å². The van der Waals surface area contributed by atoms with Gasteiger partial charge in [-0.05, 0) is 105 Å². The molecule has 0 aromatic heterocycles. The molecule has 0 aliphatic carbocycles. The van der Waals surface area contributed by atoms with Gasteiger partial charge < -0.3 is 11.5 Å². The number of benzene rings is 4. The van der Waals surface area contributed by atoms with Crippen molar-refractivity contribution in [3.05, 3.63) is 79.9 Å². The van der Waals surface area contributed by atoms with E-state index in [1.54, 1.807) is 42.5 Å². The molecule has 14 nitrogen and oxygen atoms in total. The molecular formula is C24H20I2N2O12S4. The Bertz CT molecular complexity index is 1730. The normalized spacial score (nSPS) is 11.6. The number of halogens is 2. The maximum atomic E-state index is 11.6. The molecule has 0 saturated heterocycles. The Hall–Kier alpha value is -1.78. The van der Waals surface area contributed by atoms with Gasteiger partial charge in [0.1, 0.15) is 9.79 Å². The van der Waals surface area contributed by atoms with Crippen LogP contribution in [0, 0.1) is 7.14 Å². The first-order valence-corrected chi connectivity index (χ1v) is 17.8. The smallest absolute Gasteiger partial charge is 0.295 e. The van der Waals surface area contributed by atoms with Gasteiger partial charge in [-0.15, -0.1) is 8.67 Å². The topological polar surface area (TPSA) is 238 Å². The minimum absolute atomic E-state index is 0.177. The Kier molecular flexibility index (Phi) is 13.5. The van der Waals surface area contributed by atoms with Crippen LogP contribution in [0.15, 0.2) is 92.4 Å². The highest BCUT2D eigenvalue weighted by Gasteiger charge is 2.21. The summed E-state index contributed by atoms with van der Waals surface area (Å²) < 4.78 is 75.5. The zero-order valence-corrected chi connectivity index (χ0v) is 29.1. The van der Waals surface area contributed by atoms with Gasteiger partial charge in [0.15, 0.2) is 0 Å². The summed E-state index contributed by atoms with van der Waals surface area (Å²) in [6.45, 7) is 0. The van der Waals surface area contributed by atoms with Gasteiger partial charge in [-0.2, -0.15) is 16.8 Å². The van der Waals surface area contributed by atoms with Crippen LogP contribution in [0.4, 0.5) is 11.4 Å². The maximum Gasteiger partial charge on any atom is 0.295 e. The monoisotopic (exact) mass is 910 g/mol. The lowest BCUT2D eigenvalue weighted by Gasteiger charge is -2.12. The van der Waals surface area contributed by atoms with E-state index in [1.165, 1.54) is 24.3 Å². The Balaban J connectivity index is 0.000000240. The van der Waals surface area contributed by atoms with E-state index in [-0.39, 0.29) is 21.0 Å². The molecule has 0 amide bonds. The Morgan fingerprint density at radius 1 is 0.568 bits per heavy atom. The minimum Gasteiger partial charge on any atom is -0.399 e. The second-order valence-corrected chi connectivity index (χ2v) is 15.0. The van der Waals surface area contributed by atoms with E-state index in [1.807, 2.05) is 22.6 Å². The zero-order chi connectivity index (χ0) is 32.7. The van der Waals surface area contributed by atoms with Crippen molar-refractivity contribution in [1.82, 2.24) is 0 Å². The van der Waals surface area contributed by atoms with E-state index in [4.69, 9.17) is 22.0 Å². The van der Waals surface area contributed by atoms with Crippen LogP contribution in [0.25, 0.3) is 22.3 Å². The van der Waals surface area contributed by atoms with Crippen molar-refractivity contribution in [2.24, 2.45) is 0 Å². The molecule has 20 heteroatoms. The lowest BCUT2D eigenvalue weighted by Crippen LogP contribution is -2.03. The summed E-state index contributed by atoms with van der Waals surface area (Å²) in [5.41, 5.74) is 13.2. The third-order valence-electron chi connectivity index (χ3n) is 5.34. The van der Waals surface area contributed by atoms with Crippen LogP contribution >= 0.6 is 69.3 Å². The van der Waals surface area contributed by atoms with Gasteiger partial charge in [-0.3, -0.25) is 9.11 Å². The van der Waals surface area contributed by atoms with Crippen LogP contribution in [-0.4, -0.2) is 36.5 Å². The standard InChI is InChI=1S/C12H8I2O6S2.C12H12N2O6S2/c2*13-7-1-3-9(11(5-7)21-20-19-15)10-4-2-8(14)6-12(10)22(16,17)18/h1-6,15H,(H,16,17,18);1-6,15H,13-14H2,(H,16,17,18). The van der Waals surface area contributed by atoms with E-state index in [2.05, 4.69) is 41.3 Å². The first kappa shape index (κ1) is 36.7. The van der Waals surface area contributed by atoms with E-state index in [9.17, 15) is 25.9 Å². The fourth-order valence-corrected chi connectivity index (χ4v) is 7.61. The first-order valence-electron chi connectivity index (χ1n) is 11.3. The quantitative estimate of drug-likeness (QED) is 0.0251. The van der Waals surface area contributed by atoms with Crippen LogP contribution in [0.3, 0.4) is 0 Å². The average Bonchev–Trinajstić information content (AvgIpc) is 2.95. The summed E-state index contributed by atoms with van der Waals surface area (Å²) in [6, 6.07) is 18.5. The molecule has 0 heterocycles. The summed E-state index contributed by atoms with van der Waals surface area (Å²) in [6.07, 6.45) is 0. The first-order chi connectivity index (χ1) is 20.6. The van der Waals surface area contributed by atoms with E-state index >= 15 is 0 Å². The molecular weight excluding hydrogens is 890 g/mol. The van der Waals surface area contributed by atoms with E-state index in [0.717, 1.165) is 21.7 Å². The molecule has 0 radical (unpaired) electrons. The second-order valence-electron chi connectivity index (χ2n) is 8.19. The van der Waals surface area contributed by atoms with Gasteiger partial charge in [-0.25, -0.2) is 10.5 Å². The predicted molar refractivity (Wildman–Crippen MR) is 179 cm³/mol. The minimum atomic E-state index is -4.49. The molecule has 8 N–H and O–H groups in total. The molecule has 0 fully saturated rings. The van der Waals surface area contributed by atoms with Gasteiger partial charge in [-0.1, -0.05) is 34.3 Å². The van der Waals surface area contributed by atoms with Crippen LogP contribution in [0.5, 0.6) is 0 Å². The van der Waals surface area contributed by atoms with Crippen LogP contribution < -0.4 is 11.5 Å². The van der Waals surface area contributed by atoms with Crippen molar-refractivity contribution in [2.75, 3.05) is 11.5 Å². The van der Waals surface area contributed by atoms with Gasteiger partial charge in [0.2, 0.25) is 0 Å². The highest BCUT2D eigenvalue weighted by molar-refractivity contribution is 14.1. The molecule has 0 atom stereocenters. The third-order valence-corrected chi connectivity index (χ3v) is 9.76. The fourth-order valence-electron chi connectivity index (χ4n) is 3.63. The van der Waals surface area contributed by atoms with Crippen molar-refractivity contribution in [3.63, 3.8) is 0 Å². The van der Waals surface area contributed by atoms with Crippen LogP contribution in [0.1, 0.15) is 0 Å². The molecule has 4 aromatic carbocycles. The summed E-state index contributed by atoms with van der Waals surface area (Å²) >= 11 is 5.38. The second kappa shape index (κ2) is 16.2. The van der Waals surface area contributed by atoms with Crippen molar-refractivity contribution >= 4 is 101 Å². The average molecular weight is 911 g/mol. The van der Waals surface area contributed by atoms with Gasteiger partial charge in [0.25, 0.3) is 20.2 Å². The highest BCUT2D eigenvalue weighted by atomic mass is 127. The largest absolute Gasteiger partial charge is 0.399 e. The molecule has 0 aliphatic heterocycles. The number of anilines is 2. The lowest BCUT2D eigenvalue weighted by atomic mass is 10.0. The molecule has 0 aliphatic rings. The van der Waals surface area contributed by atoms with Crippen LogP contribution in [-0.2, 0) is 39.0 Å². The number of rotatable bonds is 10. The molecule has 0 bridgehead atoms. The Labute approximate surface area is 286 Å². The van der Waals surface area contributed by atoms with E-state index < -0.39 is 20.2 Å². The van der Waals surface area contributed by atoms with Gasteiger partial charge >= 0.3 is 0 Å². The summed E-state index contributed by atoms with van der Waals surface area (Å²) in [5.74, 6) is 0. The summed E-state index contributed by atoms with van der Waals surface area (Å²) in [7, 11) is -8.88. The molecule has 0 saturated carbocycles. The number of nitrogens with two attached hydrogens (primary N) is 2. The number of hydrogen-bond acceptors (Lipinski definition) is 14. The van der Waals surface area contributed by atoms with Crippen molar-refractivity contribution in [1.29, 1.82) is 0 Å². The molecule has 236 valence electrons. The van der Waals surface area contributed by atoms with E-state index in [0.29, 0.717) is 47.8 Å². The molecule has 0 spiro atoms. The predicted octanol–water partition coefficient (Wildman–Crippen LogP) is 6.43. The fraction of sp³-hybridized carbons (Fsp3) is 0. The lowest BCUT2D eigenvalue weighted by molar-refractivity contribution is -0.432. The maximum absolute atomic E-state index is 11.6. The molecule has 44 heavy (non-hydrogen) atoms. The molecule has 0 unspecified atom stereocenters. The summed E-state index contributed by atoms with van der Waals surface area (Å²) in [4.78, 5) is 0.326. The zero-order valence-electron chi connectivity index (χ0n) is 21.5. The highest BCUT2D eigenvalue weighted by Crippen LogP contribution is 2.39.